The van der Waals surface area contributed by atoms with Gasteiger partial charge in [0.15, 0.2) is 0 Å². The fourth-order valence-electron chi connectivity index (χ4n) is 2.51. The van der Waals surface area contributed by atoms with Crippen LogP contribution in [0.5, 0.6) is 0 Å². The molecule has 0 spiro atoms. The topological polar surface area (TPSA) is 20.3 Å². The van der Waals surface area contributed by atoms with E-state index in [1.54, 1.807) is 0 Å². The number of carbonyl (C=O) groups is 1. The molecule has 0 radical (unpaired) electrons. The molecule has 0 fully saturated rings. The third kappa shape index (κ3) is 2.50. The Morgan fingerprint density at radius 1 is 1.37 bits per heavy atom. The highest BCUT2D eigenvalue weighted by Gasteiger charge is 2.24. The second-order valence-electron chi connectivity index (χ2n) is 4.57. The third-order valence-electron chi connectivity index (χ3n) is 3.36. The van der Waals surface area contributed by atoms with Crippen LogP contribution in [0.1, 0.15) is 20.8 Å². The summed E-state index contributed by atoms with van der Waals surface area (Å²) in [6, 6.07) is 3.89. The lowest BCUT2D eigenvalue weighted by Gasteiger charge is -2.13. The predicted octanol–water partition coefficient (Wildman–Crippen LogP) is 4.34. The molecule has 1 aliphatic heterocycles. The standard InChI is InChI=1S/C13H11Cl2NOS.ClH/c1-16-5-4-7-9(14)2-3-10-11(7)8(6-16)12(18-10)13(15)17;/h2-3H,4-6H2,1H3;1H. The molecular weight excluding hydrogens is 325 g/mol. The Bertz CT molecular complexity index is 653. The van der Waals surface area contributed by atoms with Crippen molar-refractivity contribution >= 4 is 62.3 Å². The molecular formula is C13H12Cl3NOS. The van der Waals surface area contributed by atoms with Crippen molar-refractivity contribution in [3.8, 4) is 0 Å². The van der Waals surface area contributed by atoms with Crippen LogP contribution in [-0.2, 0) is 13.0 Å². The van der Waals surface area contributed by atoms with Crippen molar-refractivity contribution in [3.63, 3.8) is 0 Å². The Labute approximate surface area is 131 Å². The van der Waals surface area contributed by atoms with E-state index in [9.17, 15) is 4.79 Å². The van der Waals surface area contributed by atoms with Crippen LogP contribution in [0.4, 0.5) is 0 Å². The minimum atomic E-state index is -0.372. The second-order valence-corrected chi connectivity index (χ2v) is 6.37. The molecule has 0 saturated carbocycles. The monoisotopic (exact) mass is 335 g/mol. The summed E-state index contributed by atoms with van der Waals surface area (Å²) in [5.74, 6) is 0. The Balaban J connectivity index is 0.00000133. The number of rotatable bonds is 1. The van der Waals surface area contributed by atoms with Crippen LogP contribution >= 0.6 is 46.9 Å². The van der Waals surface area contributed by atoms with E-state index in [0.717, 1.165) is 45.7 Å². The zero-order valence-corrected chi connectivity index (χ0v) is 13.3. The van der Waals surface area contributed by atoms with Gasteiger partial charge in [-0.25, -0.2) is 0 Å². The number of hydrogen-bond acceptors (Lipinski definition) is 3. The van der Waals surface area contributed by atoms with E-state index < -0.39 is 0 Å². The quantitative estimate of drug-likeness (QED) is 0.722. The van der Waals surface area contributed by atoms with Crippen molar-refractivity contribution in [2.24, 2.45) is 0 Å². The minimum absolute atomic E-state index is 0. The zero-order valence-electron chi connectivity index (χ0n) is 10.2. The predicted molar refractivity (Wildman–Crippen MR) is 84.3 cm³/mol. The van der Waals surface area contributed by atoms with Crippen LogP contribution < -0.4 is 0 Å². The van der Waals surface area contributed by atoms with E-state index in [2.05, 4.69) is 4.90 Å². The van der Waals surface area contributed by atoms with Gasteiger partial charge >= 0.3 is 0 Å². The third-order valence-corrected chi connectivity index (χ3v) is 5.21. The maximum Gasteiger partial charge on any atom is 0.262 e. The molecule has 6 heteroatoms. The minimum Gasteiger partial charge on any atom is -0.302 e. The summed E-state index contributed by atoms with van der Waals surface area (Å²) < 4.78 is 1.10. The molecule has 2 aromatic rings. The van der Waals surface area contributed by atoms with Gasteiger partial charge in [0.1, 0.15) is 0 Å². The summed E-state index contributed by atoms with van der Waals surface area (Å²) in [5, 5.41) is 1.55. The number of hydrogen-bond donors (Lipinski definition) is 0. The van der Waals surface area contributed by atoms with Crippen molar-refractivity contribution in [2.45, 2.75) is 13.0 Å². The fourth-order valence-corrected chi connectivity index (χ4v) is 4.06. The van der Waals surface area contributed by atoms with Gasteiger partial charge in [0, 0.05) is 28.2 Å². The van der Waals surface area contributed by atoms with Crippen LogP contribution in [0.15, 0.2) is 12.1 Å². The van der Waals surface area contributed by atoms with Gasteiger partial charge in [-0.3, -0.25) is 4.79 Å². The first kappa shape index (κ1) is 15.1. The number of carbonyl (C=O) groups excluding carboxylic acids is 1. The second kappa shape index (κ2) is 5.58. The highest BCUT2D eigenvalue weighted by molar-refractivity contribution is 7.22. The number of nitrogens with zero attached hydrogens (tertiary/aromatic N) is 1. The maximum absolute atomic E-state index is 11.6. The van der Waals surface area contributed by atoms with Crippen LogP contribution in [-0.4, -0.2) is 23.7 Å². The molecule has 1 aromatic carbocycles. The first-order chi connectivity index (χ1) is 8.58. The molecule has 19 heavy (non-hydrogen) atoms. The van der Waals surface area contributed by atoms with Gasteiger partial charge in [-0.15, -0.1) is 23.7 Å². The van der Waals surface area contributed by atoms with Crippen molar-refractivity contribution in [1.29, 1.82) is 0 Å². The molecule has 0 saturated heterocycles. The molecule has 0 aliphatic carbocycles. The SMILES string of the molecule is CN1CCc2c(Cl)ccc3sc(C(=O)Cl)c(c23)C1.Cl. The first-order valence-corrected chi connectivity index (χ1v) is 7.26. The summed E-state index contributed by atoms with van der Waals surface area (Å²) in [5.41, 5.74) is 2.18. The smallest absolute Gasteiger partial charge is 0.262 e. The number of likely N-dealkylation sites (N-methyl/N-ethyl adjacent to an activating group) is 1. The molecule has 0 N–H and O–H groups in total. The Morgan fingerprint density at radius 2 is 2.11 bits per heavy atom. The van der Waals surface area contributed by atoms with Gasteiger partial charge in [0.2, 0.25) is 0 Å². The van der Waals surface area contributed by atoms with Crippen LogP contribution in [0.3, 0.4) is 0 Å². The molecule has 0 amide bonds. The van der Waals surface area contributed by atoms with Crippen LogP contribution in [0.2, 0.25) is 5.02 Å². The number of benzene rings is 1. The van der Waals surface area contributed by atoms with E-state index >= 15 is 0 Å². The lowest BCUT2D eigenvalue weighted by molar-refractivity contribution is 0.108. The Kier molecular flexibility index (Phi) is 4.43. The molecule has 0 atom stereocenters. The molecule has 0 unspecified atom stereocenters. The Morgan fingerprint density at radius 3 is 2.79 bits per heavy atom. The lowest BCUT2D eigenvalue weighted by atomic mass is 10.0. The van der Waals surface area contributed by atoms with Crippen LogP contribution in [0, 0.1) is 0 Å². The molecule has 1 aromatic heterocycles. The summed E-state index contributed by atoms with van der Waals surface area (Å²) in [6.07, 6.45) is 0.909. The highest BCUT2D eigenvalue weighted by atomic mass is 35.5. The van der Waals surface area contributed by atoms with Gasteiger partial charge in [-0.05, 0) is 48.3 Å². The van der Waals surface area contributed by atoms with E-state index in [4.69, 9.17) is 23.2 Å². The number of halogens is 3. The lowest BCUT2D eigenvalue weighted by Crippen LogP contribution is -2.19. The van der Waals surface area contributed by atoms with E-state index in [1.807, 2.05) is 19.2 Å². The van der Waals surface area contributed by atoms with Crippen LogP contribution in [0.25, 0.3) is 10.1 Å². The average molecular weight is 337 g/mol. The summed E-state index contributed by atoms with van der Waals surface area (Å²) in [4.78, 5) is 14.4. The maximum atomic E-state index is 11.6. The molecule has 2 heterocycles. The molecule has 1 aliphatic rings. The Hall–Kier alpha value is -0.320. The summed E-state index contributed by atoms with van der Waals surface area (Å²) >= 11 is 13.4. The fraction of sp³-hybridized carbons (Fsp3) is 0.308. The molecule has 0 bridgehead atoms. The van der Waals surface area contributed by atoms with Crippen molar-refractivity contribution in [2.75, 3.05) is 13.6 Å². The van der Waals surface area contributed by atoms with Gasteiger partial charge in [-0.1, -0.05) is 11.6 Å². The molecule has 102 valence electrons. The summed E-state index contributed by atoms with van der Waals surface area (Å²) in [6.45, 7) is 1.69. The van der Waals surface area contributed by atoms with E-state index in [1.165, 1.54) is 11.3 Å². The first-order valence-electron chi connectivity index (χ1n) is 5.69. The van der Waals surface area contributed by atoms with Crippen molar-refractivity contribution in [1.82, 2.24) is 4.90 Å². The zero-order chi connectivity index (χ0) is 12.9. The van der Waals surface area contributed by atoms with Gasteiger partial charge < -0.3 is 4.90 Å². The number of thiophene rings is 1. The van der Waals surface area contributed by atoms with Crippen molar-refractivity contribution in [3.05, 3.63) is 33.2 Å². The molecule has 2 nitrogen and oxygen atoms in total. The molecule has 3 rings (SSSR count). The normalized spacial score (nSPS) is 15.1. The highest BCUT2D eigenvalue weighted by Crippen LogP contribution is 2.39. The van der Waals surface area contributed by atoms with Gasteiger partial charge in [0.25, 0.3) is 5.24 Å². The van der Waals surface area contributed by atoms with E-state index in [-0.39, 0.29) is 17.6 Å². The van der Waals surface area contributed by atoms with Gasteiger partial charge in [-0.2, -0.15) is 0 Å². The van der Waals surface area contributed by atoms with Crippen molar-refractivity contribution < 1.29 is 4.79 Å². The summed E-state index contributed by atoms with van der Waals surface area (Å²) in [7, 11) is 2.05. The van der Waals surface area contributed by atoms with Gasteiger partial charge in [0.05, 0.1) is 4.88 Å². The average Bonchev–Trinajstić information content (AvgIpc) is 2.57. The van der Waals surface area contributed by atoms with E-state index in [0.29, 0.717) is 4.88 Å². The largest absolute Gasteiger partial charge is 0.302 e.